The molecule has 0 saturated heterocycles. The van der Waals surface area contributed by atoms with E-state index >= 15 is 0 Å². The van der Waals surface area contributed by atoms with Gasteiger partial charge in [0.25, 0.3) is 11.5 Å². The zero-order valence-electron chi connectivity index (χ0n) is 13.8. The molecule has 0 radical (unpaired) electrons. The highest BCUT2D eigenvalue weighted by Crippen LogP contribution is 2.35. The molecule has 2 heterocycles. The van der Waals surface area contributed by atoms with Crippen molar-refractivity contribution in [3.8, 4) is 5.75 Å². The summed E-state index contributed by atoms with van der Waals surface area (Å²) in [6, 6.07) is 1.83. The average molecular weight is 345 g/mol. The lowest BCUT2D eigenvalue weighted by Gasteiger charge is -2.14. The topological polar surface area (TPSA) is 122 Å². The Morgan fingerprint density at radius 3 is 2.68 bits per heavy atom. The lowest BCUT2D eigenvalue weighted by atomic mass is 9.99. The number of hydrogen-bond donors (Lipinski definition) is 3. The number of carboxylic acids is 1. The summed E-state index contributed by atoms with van der Waals surface area (Å²) >= 11 is 0. The highest BCUT2D eigenvalue weighted by molar-refractivity contribution is 6.02. The van der Waals surface area contributed by atoms with Crippen LogP contribution in [-0.2, 0) is 11.8 Å². The van der Waals surface area contributed by atoms with Crippen LogP contribution in [0.1, 0.15) is 47.5 Å². The maximum atomic E-state index is 12.5. The molecule has 0 bridgehead atoms. The summed E-state index contributed by atoms with van der Waals surface area (Å²) in [5.74, 6) is -2.32. The second-order valence-electron chi connectivity index (χ2n) is 6.28. The SMILES string of the molecule is Cn1c(=O)c(C(=O)NCC(=O)O)c(O)c2ncc(C3CCCC3)cc21. The van der Waals surface area contributed by atoms with Gasteiger partial charge in [-0.25, -0.2) is 0 Å². The normalized spacial score (nSPS) is 14.8. The third kappa shape index (κ3) is 3.07. The van der Waals surface area contributed by atoms with Gasteiger partial charge in [0.2, 0.25) is 0 Å². The molecule has 0 spiro atoms. The van der Waals surface area contributed by atoms with Crippen molar-refractivity contribution in [1.29, 1.82) is 0 Å². The van der Waals surface area contributed by atoms with E-state index in [2.05, 4.69) is 10.3 Å². The molecule has 0 aromatic carbocycles. The van der Waals surface area contributed by atoms with E-state index in [0.717, 1.165) is 31.2 Å². The van der Waals surface area contributed by atoms with Crippen LogP contribution in [0.3, 0.4) is 0 Å². The van der Waals surface area contributed by atoms with E-state index in [0.29, 0.717) is 11.4 Å². The second kappa shape index (κ2) is 6.54. The summed E-state index contributed by atoms with van der Waals surface area (Å²) < 4.78 is 1.26. The molecule has 1 amide bonds. The first-order valence-electron chi connectivity index (χ1n) is 8.11. The third-order valence-electron chi connectivity index (χ3n) is 4.68. The maximum Gasteiger partial charge on any atom is 0.322 e. The zero-order valence-corrected chi connectivity index (χ0v) is 13.8. The molecule has 1 aliphatic carbocycles. The number of carbonyl (C=O) groups excluding carboxylic acids is 1. The van der Waals surface area contributed by atoms with Gasteiger partial charge in [-0.3, -0.25) is 19.4 Å². The minimum absolute atomic E-state index is 0.143. The fourth-order valence-corrected chi connectivity index (χ4v) is 3.33. The van der Waals surface area contributed by atoms with E-state index in [1.165, 1.54) is 11.6 Å². The Kier molecular flexibility index (Phi) is 4.43. The number of carboxylic acid groups (broad SMARTS) is 1. The molecule has 25 heavy (non-hydrogen) atoms. The van der Waals surface area contributed by atoms with Gasteiger partial charge < -0.3 is 20.1 Å². The molecule has 1 aliphatic rings. The van der Waals surface area contributed by atoms with Crippen molar-refractivity contribution < 1.29 is 19.8 Å². The van der Waals surface area contributed by atoms with Crippen molar-refractivity contribution in [2.75, 3.05) is 6.54 Å². The quantitative estimate of drug-likeness (QED) is 0.763. The molecule has 132 valence electrons. The van der Waals surface area contributed by atoms with Crippen LogP contribution in [0.4, 0.5) is 0 Å². The van der Waals surface area contributed by atoms with Gasteiger partial charge in [-0.05, 0) is 30.4 Å². The van der Waals surface area contributed by atoms with Crippen molar-refractivity contribution in [2.24, 2.45) is 7.05 Å². The molecule has 2 aromatic heterocycles. The molecule has 1 fully saturated rings. The molecule has 0 unspecified atom stereocenters. The van der Waals surface area contributed by atoms with Gasteiger partial charge in [0.05, 0.1) is 5.52 Å². The molecule has 3 N–H and O–H groups in total. The largest absolute Gasteiger partial charge is 0.505 e. The van der Waals surface area contributed by atoms with Crippen LogP contribution in [0.5, 0.6) is 5.75 Å². The first kappa shape index (κ1) is 16.9. The maximum absolute atomic E-state index is 12.5. The van der Waals surface area contributed by atoms with Crippen molar-refractivity contribution >= 4 is 22.9 Å². The molecule has 0 aliphatic heterocycles. The van der Waals surface area contributed by atoms with Crippen LogP contribution in [0, 0.1) is 0 Å². The van der Waals surface area contributed by atoms with Gasteiger partial charge in [-0.2, -0.15) is 0 Å². The number of aromatic hydroxyl groups is 1. The van der Waals surface area contributed by atoms with E-state index in [-0.39, 0.29) is 5.52 Å². The van der Waals surface area contributed by atoms with Gasteiger partial charge in [0.1, 0.15) is 17.6 Å². The molecule has 3 rings (SSSR count). The van der Waals surface area contributed by atoms with Crippen LogP contribution < -0.4 is 10.9 Å². The fourth-order valence-electron chi connectivity index (χ4n) is 3.33. The Morgan fingerprint density at radius 1 is 1.36 bits per heavy atom. The van der Waals surface area contributed by atoms with E-state index in [9.17, 15) is 19.5 Å². The minimum Gasteiger partial charge on any atom is -0.505 e. The predicted molar refractivity (Wildman–Crippen MR) is 89.8 cm³/mol. The number of nitrogens with one attached hydrogen (secondary N) is 1. The number of aliphatic carboxylic acids is 1. The first-order chi connectivity index (χ1) is 11.9. The van der Waals surface area contributed by atoms with Crippen molar-refractivity contribution in [2.45, 2.75) is 31.6 Å². The van der Waals surface area contributed by atoms with Crippen LogP contribution in [0.25, 0.3) is 11.0 Å². The molecule has 2 aromatic rings. The smallest absolute Gasteiger partial charge is 0.322 e. The number of rotatable bonds is 4. The highest BCUT2D eigenvalue weighted by atomic mass is 16.4. The van der Waals surface area contributed by atoms with E-state index in [1.54, 1.807) is 6.20 Å². The van der Waals surface area contributed by atoms with E-state index < -0.39 is 35.3 Å². The standard InChI is InChI=1S/C17H19N3O5/c1-20-11-6-10(9-4-2-3-5-9)7-18-14(11)15(23)13(17(20)25)16(24)19-8-12(21)22/h6-7,9,23H,2-5,8H2,1H3,(H,19,24)(H,21,22). The van der Waals surface area contributed by atoms with Crippen LogP contribution in [0.2, 0.25) is 0 Å². The fraction of sp³-hybridized carbons (Fsp3) is 0.412. The first-order valence-corrected chi connectivity index (χ1v) is 8.11. The number of hydrogen-bond acceptors (Lipinski definition) is 5. The van der Waals surface area contributed by atoms with Crippen molar-refractivity contribution in [3.63, 3.8) is 0 Å². The Hall–Kier alpha value is -2.90. The molecular weight excluding hydrogens is 326 g/mol. The zero-order chi connectivity index (χ0) is 18.1. The van der Waals surface area contributed by atoms with E-state index in [1.807, 2.05) is 6.07 Å². The number of aryl methyl sites for hydroxylation is 1. The summed E-state index contributed by atoms with van der Waals surface area (Å²) in [7, 11) is 1.50. The Balaban J connectivity index is 2.09. The van der Waals surface area contributed by atoms with Gasteiger partial charge >= 0.3 is 5.97 Å². The predicted octanol–water partition coefficient (Wildman–Crippen LogP) is 1.11. The van der Waals surface area contributed by atoms with Crippen molar-refractivity contribution in [1.82, 2.24) is 14.9 Å². The summed E-state index contributed by atoms with van der Waals surface area (Å²) in [6.45, 7) is -0.645. The number of nitrogens with zero attached hydrogens (tertiary/aromatic N) is 2. The molecule has 0 atom stereocenters. The average Bonchev–Trinajstić information content (AvgIpc) is 3.12. The molecular formula is C17H19N3O5. The summed E-state index contributed by atoms with van der Waals surface area (Å²) in [4.78, 5) is 39.4. The number of fused-ring (bicyclic) bond motifs is 1. The molecule has 1 saturated carbocycles. The number of amides is 1. The number of pyridine rings is 2. The minimum atomic E-state index is -1.25. The molecule has 8 nitrogen and oxygen atoms in total. The number of aromatic nitrogens is 2. The van der Waals surface area contributed by atoms with Crippen molar-refractivity contribution in [3.05, 3.63) is 33.7 Å². The van der Waals surface area contributed by atoms with Gasteiger partial charge in [0.15, 0.2) is 5.75 Å². The summed E-state index contributed by atoms with van der Waals surface area (Å²) in [6.07, 6.45) is 6.14. The van der Waals surface area contributed by atoms with Crippen LogP contribution >= 0.6 is 0 Å². The van der Waals surface area contributed by atoms with E-state index in [4.69, 9.17) is 5.11 Å². The second-order valence-corrected chi connectivity index (χ2v) is 6.28. The van der Waals surface area contributed by atoms with Gasteiger partial charge in [0, 0.05) is 13.2 Å². The number of carbonyl (C=O) groups is 2. The Morgan fingerprint density at radius 2 is 2.04 bits per heavy atom. The lowest BCUT2D eigenvalue weighted by molar-refractivity contribution is -0.135. The monoisotopic (exact) mass is 345 g/mol. The van der Waals surface area contributed by atoms with Gasteiger partial charge in [-0.15, -0.1) is 0 Å². The Labute approximate surface area is 143 Å². The highest BCUT2D eigenvalue weighted by Gasteiger charge is 2.24. The van der Waals surface area contributed by atoms with Crippen LogP contribution in [-0.4, -0.2) is 38.2 Å². The van der Waals surface area contributed by atoms with Gasteiger partial charge in [-0.1, -0.05) is 12.8 Å². The Bertz CT molecular complexity index is 913. The molecule has 8 heteroatoms. The third-order valence-corrected chi connectivity index (χ3v) is 4.68. The lowest BCUT2D eigenvalue weighted by Crippen LogP contribution is -2.35. The summed E-state index contributed by atoms with van der Waals surface area (Å²) in [5.41, 5.74) is 0.407. The summed E-state index contributed by atoms with van der Waals surface area (Å²) in [5, 5.41) is 21.1. The van der Waals surface area contributed by atoms with Crippen LogP contribution in [0.15, 0.2) is 17.1 Å².